The molecule has 0 saturated carbocycles. The molecule has 0 spiro atoms. The van der Waals surface area contributed by atoms with Crippen molar-refractivity contribution in [3.63, 3.8) is 0 Å². The fourth-order valence-corrected chi connectivity index (χ4v) is 1.91. The molecule has 2 N–H and O–H groups in total. The predicted octanol–water partition coefficient (Wildman–Crippen LogP) is 0.347. The van der Waals surface area contributed by atoms with E-state index in [1.165, 1.54) is 12.1 Å². The molecule has 0 amide bonds. The molecule has 1 aliphatic rings. The van der Waals surface area contributed by atoms with Crippen molar-refractivity contribution in [2.24, 2.45) is 5.16 Å². The molecule has 2 rings (SSSR count). The van der Waals surface area contributed by atoms with Gasteiger partial charge in [-0.05, 0) is 22.7 Å². The molecule has 0 fully saturated rings. The Kier molecular flexibility index (Phi) is 3.12. The molecule has 4 nitrogen and oxygen atoms in total. The van der Waals surface area contributed by atoms with Crippen LogP contribution in [0.1, 0.15) is 11.1 Å². The lowest BCUT2D eigenvalue weighted by Gasteiger charge is -2.23. The number of benzene rings is 1. The maximum atomic E-state index is 13.0. The molecular weight excluding hydrogens is 231 g/mol. The van der Waals surface area contributed by atoms with Gasteiger partial charge in [-0.3, -0.25) is 0 Å². The normalized spacial score (nSPS) is 17.7. The standard InChI is InChI=1S/C10H10BF2NO3/c12-5-10(6-13)8-3-7(4-14-16)1-2-9(8)11(15)17-10/h1-4,15-16H,5-6H2/b14-4-. The number of alkyl halides is 2. The zero-order valence-electron chi connectivity index (χ0n) is 8.81. The Morgan fingerprint density at radius 3 is 2.71 bits per heavy atom. The molecule has 1 aromatic carbocycles. The zero-order chi connectivity index (χ0) is 12.5. The Morgan fingerprint density at radius 2 is 2.12 bits per heavy atom. The van der Waals surface area contributed by atoms with Crippen molar-refractivity contribution in [1.29, 1.82) is 0 Å². The molecule has 0 aromatic heterocycles. The number of fused-ring (bicyclic) bond motifs is 1. The lowest BCUT2D eigenvalue weighted by Crippen LogP contribution is -2.33. The highest BCUT2D eigenvalue weighted by Gasteiger charge is 2.47. The summed E-state index contributed by atoms with van der Waals surface area (Å²) in [5.41, 5.74) is -0.716. The van der Waals surface area contributed by atoms with Crippen LogP contribution in [-0.2, 0) is 10.3 Å². The van der Waals surface area contributed by atoms with Crippen molar-refractivity contribution in [3.8, 4) is 0 Å². The van der Waals surface area contributed by atoms with E-state index in [1.807, 2.05) is 0 Å². The van der Waals surface area contributed by atoms with Crippen molar-refractivity contribution in [2.75, 3.05) is 13.3 Å². The summed E-state index contributed by atoms with van der Waals surface area (Å²) in [4.78, 5) is 0. The fraction of sp³-hybridized carbons (Fsp3) is 0.300. The summed E-state index contributed by atoms with van der Waals surface area (Å²) in [5.74, 6) is 0. The molecule has 0 atom stereocenters. The van der Waals surface area contributed by atoms with Crippen LogP contribution in [0.15, 0.2) is 23.4 Å². The summed E-state index contributed by atoms with van der Waals surface area (Å²) < 4.78 is 30.9. The van der Waals surface area contributed by atoms with E-state index in [1.54, 1.807) is 6.07 Å². The van der Waals surface area contributed by atoms with Crippen LogP contribution in [0, 0.1) is 0 Å². The van der Waals surface area contributed by atoms with E-state index >= 15 is 0 Å². The first-order chi connectivity index (χ1) is 8.16. The van der Waals surface area contributed by atoms with Gasteiger partial charge in [0.2, 0.25) is 0 Å². The minimum atomic E-state index is -1.76. The average Bonchev–Trinajstić information content (AvgIpc) is 2.63. The second-order valence-electron chi connectivity index (χ2n) is 3.82. The predicted molar refractivity (Wildman–Crippen MR) is 58.1 cm³/mol. The van der Waals surface area contributed by atoms with Crippen LogP contribution in [0.4, 0.5) is 8.78 Å². The van der Waals surface area contributed by atoms with Crippen LogP contribution < -0.4 is 5.46 Å². The molecular formula is C10H10BF2NO3. The van der Waals surface area contributed by atoms with Crippen LogP contribution in [-0.4, -0.2) is 36.9 Å². The molecule has 7 heteroatoms. The highest BCUT2D eigenvalue weighted by Crippen LogP contribution is 2.32. The van der Waals surface area contributed by atoms with Crippen molar-refractivity contribution in [1.82, 2.24) is 0 Å². The smallest absolute Gasteiger partial charge is 0.423 e. The highest BCUT2D eigenvalue weighted by atomic mass is 19.1. The Morgan fingerprint density at radius 1 is 1.41 bits per heavy atom. The number of nitrogens with zero attached hydrogens (tertiary/aromatic N) is 1. The fourth-order valence-electron chi connectivity index (χ4n) is 1.91. The van der Waals surface area contributed by atoms with Gasteiger partial charge >= 0.3 is 7.12 Å². The van der Waals surface area contributed by atoms with Crippen LogP contribution in [0.25, 0.3) is 0 Å². The van der Waals surface area contributed by atoms with E-state index in [-0.39, 0.29) is 5.56 Å². The average molecular weight is 241 g/mol. The van der Waals surface area contributed by atoms with Crippen LogP contribution in [0.3, 0.4) is 0 Å². The number of halogens is 2. The third kappa shape index (κ3) is 1.81. The van der Waals surface area contributed by atoms with E-state index < -0.39 is 26.1 Å². The second-order valence-corrected chi connectivity index (χ2v) is 3.82. The Balaban J connectivity index is 2.53. The van der Waals surface area contributed by atoms with E-state index in [0.717, 1.165) is 6.21 Å². The van der Waals surface area contributed by atoms with Gasteiger partial charge in [0.05, 0.1) is 6.21 Å². The highest BCUT2D eigenvalue weighted by molar-refractivity contribution is 6.62. The number of hydrogen-bond donors (Lipinski definition) is 2. The number of oxime groups is 1. The summed E-state index contributed by atoms with van der Waals surface area (Å²) in [7, 11) is -1.34. The van der Waals surface area contributed by atoms with Crippen LogP contribution in [0.5, 0.6) is 0 Å². The monoisotopic (exact) mass is 241 g/mol. The number of hydrogen-bond acceptors (Lipinski definition) is 4. The summed E-state index contributed by atoms with van der Waals surface area (Å²) in [6.07, 6.45) is 1.13. The van der Waals surface area contributed by atoms with Crippen molar-refractivity contribution in [2.45, 2.75) is 5.60 Å². The first-order valence-electron chi connectivity index (χ1n) is 4.96. The van der Waals surface area contributed by atoms with Gasteiger partial charge in [0, 0.05) is 0 Å². The molecule has 0 bridgehead atoms. The van der Waals surface area contributed by atoms with Gasteiger partial charge in [0.1, 0.15) is 19.0 Å². The summed E-state index contributed by atoms with van der Waals surface area (Å²) in [5, 5.41) is 20.8. The Hall–Kier alpha value is -1.47. The van der Waals surface area contributed by atoms with Gasteiger partial charge in [0.15, 0.2) is 0 Å². The summed E-state index contributed by atoms with van der Waals surface area (Å²) in [6, 6.07) is 4.48. The largest absolute Gasteiger partial charge is 0.492 e. The third-order valence-corrected chi connectivity index (χ3v) is 2.81. The molecule has 17 heavy (non-hydrogen) atoms. The third-order valence-electron chi connectivity index (χ3n) is 2.81. The first-order valence-corrected chi connectivity index (χ1v) is 4.96. The molecule has 1 aliphatic heterocycles. The van der Waals surface area contributed by atoms with E-state index in [4.69, 9.17) is 9.86 Å². The maximum absolute atomic E-state index is 13.0. The lowest BCUT2D eigenvalue weighted by atomic mass is 9.77. The van der Waals surface area contributed by atoms with Gasteiger partial charge in [-0.1, -0.05) is 17.3 Å². The van der Waals surface area contributed by atoms with Crippen molar-refractivity contribution < 1.29 is 23.7 Å². The molecule has 0 aliphatic carbocycles. The van der Waals surface area contributed by atoms with Crippen molar-refractivity contribution in [3.05, 3.63) is 29.3 Å². The summed E-state index contributed by atoms with van der Waals surface area (Å²) in [6.45, 7) is -2.15. The zero-order valence-corrected chi connectivity index (χ0v) is 8.81. The van der Waals surface area contributed by atoms with E-state index in [2.05, 4.69) is 5.16 Å². The minimum Gasteiger partial charge on any atom is -0.423 e. The quantitative estimate of drug-likeness (QED) is 0.347. The second kappa shape index (κ2) is 4.42. The minimum absolute atomic E-state index is 0.243. The van der Waals surface area contributed by atoms with Crippen LogP contribution in [0.2, 0.25) is 0 Å². The SMILES string of the molecule is O/N=C\c1ccc2c(c1)C(CF)(CF)OB2O. The van der Waals surface area contributed by atoms with Gasteiger partial charge in [0.25, 0.3) is 0 Å². The maximum Gasteiger partial charge on any atom is 0.492 e. The van der Waals surface area contributed by atoms with Crippen molar-refractivity contribution >= 4 is 18.8 Å². The Bertz CT molecular complexity index is 451. The van der Waals surface area contributed by atoms with Gasteiger partial charge < -0.3 is 14.9 Å². The topological polar surface area (TPSA) is 62.1 Å². The van der Waals surface area contributed by atoms with Gasteiger partial charge in [-0.2, -0.15) is 0 Å². The molecule has 0 saturated heterocycles. The lowest BCUT2D eigenvalue weighted by molar-refractivity contribution is 0.0106. The van der Waals surface area contributed by atoms with E-state index in [9.17, 15) is 13.8 Å². The van der Waals surface area contributed by atoms with Gasteiger partial charge in [-0.15, -0.1) is 0 Å². The molecule has 0 unspecified atom stereocenters. The number of rotatable bonds is 3. The Labute approximate surface area is 96.7 Å². The van der Waals surface area contributed by atoms with E-state index in [0.29, 0.717) is 11.0 Å². The molecule has 90 valence electrons. The van der Waals surface area contributed by atoms with Gasteiger partial charge in [-0.25, -0.2) is 8.78 Å². The molecule has 0 radical (unpaired) electrons. The summed E-state index contributed by atoms with van der Waals surface area (Å²) >= 11 is 0. The molecule has 1 heterocycles. The van der Waals surface area contributed by atoms with Crippen LogP contribution >= 0.6 is 0 Å². The molecule has 1 aromatic rings. The first kappa shape index (κ1) is 12.0.